The zero-order chi connectivity index (χ0) is 21.1. The van der Waals surface area contributed by atoms with Gasteiger partial charge in [-0.25, -0.2) is 0 Å². The van der Waals surface area contributed by atoms with E-state index in [9.17, 15) is 14.4 Å². The van der Waals surface area contributed by atoms with Crippen molar-refractivity contribution in [2.24, 2.45) is 34.5 Å². The molecule has 0 aromatic carbocycles. The van der Waals surface area contributed by atoms with E-state index in [2.05, 4.69) is 13.8 Å². The number of methoxy groups -OCH3 is 1. The molecule has 9 atom stereocenters. The van der Waals surface area contributed by atoms with Gasteiger partial charge in [0.2, 0.25) is 0 Å². The van der Waals surface area contributed by atoms with Gasteiger partial charge in [0.05, 0.1) is 25.2 Å². The standard InChI is InChI=1S/C24H30O6/c1-22-7-4-13(25)10-12(22)11-14(21(27)28-3)17-15-5-8-24(9-6-16(26)30-24)23(15,2)20-19(29-20)18(17)22/h10,14-15,17-20H,4-9,11H2,1-3H3/t14-,15?,17?,18?,19+,20?,22+,23-,24-/m1/s1. The van der Waals surface area contributed by atoms with Crippen LogP contribution in [-0.2, 0) is 28.6 Å². The maximum absolute atomic E-state index is 13.0. The molecule has 6 rings (SSSR count). The van der Waals surface area contributed by atoms with E-state index in [4.69, 9.17) is 14.2 Å². The first-order valence-electron chi connectivity index (χ1n) is 11.4. The number of carbonyl (C=O) groups is 3. The van der Waals surface area contributed by atoms with Crippen molar-refractivity contribution < 1.29 is 28.6 Å². The predicted octanol–water partition coefficient (Wildman–Crippen LogP) is 2.98. The fourth-order valence-electron chi connectivity index (χ4n) is 8.62. The van der Waals surface area contributed by atoms with Crippen LogP contribution in [-0.4, -0.2) is 42.6 Å². The number of fused-ring (bicyclic) bond motifs is 9. The molecule has 1 spiro atoms. The number of esters is 2. The summed E-state index contributed by atoms with van der Waals surface area (Å²) in [5.41, 5.74) is 0.262. The maximum Gasteiger partial charge on any atom is 0.309 e. The van der Waals surface area contributed by atoms with Crippen LogP contribution in [0.5, 0.6) is 0 Å². The second-order valence-corrected chi connectivity index (χ2v) is 10.9. The second-order valence-electron chi connectivity index (χ2n) is 10.9. The smallest absolute Gasteiger partial charge is 0.309 e. The van der Waals surface area contributed by atoms with E-state index in [1.807, 2.05) is 0 Å². The van der Waals surface area contributed by atoms with Gasteiger partial charge in [-0.1, -0.05) is 19.4 Å². The zero-order valence-corrected chi connectivity index (χ0v) is 17.9. The molecule has 0 aromatic heterocycles. The summed E-state index contributed by atoms with van der Waals surface area (Å²) in [4.78, 5) is 37.4. The summed E-state index contributed by atoms with van der Waals surface area (Å²) in [6.07, 6.45) is 6.91. The Hall–Kier alpha value is -1.69. The van der Waals surface area contributed by atoms with Crippen LogP contribution in [0.3, 0.4) is 0 Å². The topological polar surface area (TPSA) is 82.2 Å². The molecule has 6 aliphatic rings. The molecule has 6 heteroatoms. The largest absolute Gasteiger partial charge is 0.469 e. The molecule has 0 radical (unpaired) electrons. The third-order valence-corrected chi connectivity index (χ3v) is 10.1. The number of rotatable bonds is 1. The number of carbonyl (C=O) groups excluding carboxylic acids is 3. The molecule has 0 amide bonds. The minimum atomic E-state index is -0.459. The Kier molecular flexibility index (Phi) is 3.65. The van der Waals surface area contributed by atoms with Crippen LogP contribution >= 0.6 is 0 Å². The van der Waals surface area contributed by atoms with Crippen molar-refractivity contribution in [2.75, 3.05) is 7.11 Å². The predicted molar refractivity (Wildman–Crippen MR) is 105 cm³/mol. The number of hydrogen-bond acceptors (Lipinski definition) is 6. The molecule has 3 saturated carbocycles. The highest BCUT2D eigenvalue weighted by Gasteiger charge is 2.79. The van der Waals surface area contributed by atoms with E-state index in [1.54, 1.807) is 6.08 Å². The number of hydrogen-bond donors (Lipinski definition) is 0. The number of allylic oxidation sites excluding steroid dienone is 1. The van der Waals surface area contributed by atoms with Gasteiger partial charge in [0.1, 0.15) is 5.60 Å². The van der Waals surface area contributed by atoms with E-state index in [-0.39, 0.29) is 64.4 Å². The van der Waals surface area contributed by atoms with Crippen LogP contribution in [0.4, 0.5) is 0 Å². The lowest BCUT2D eigenvalue weighted by atomic mass is 9.44. The van der Waals surface area contributed by atoms with Gasteiger partial charge in [-0.05, 0) is 55.4 Å². The Morgan fingerprint density at radius 1 is 1.17 bits per heavy atom. The Balaban J connectivity index is 1.48. The average Bonchev–Trinajstić information content (AvgIpc) is 3.35. The van der Waals surface area contributed by atoms with Crippen LogP contribution in [0.25, 0.3) is 0 Å². The van der Waals surface area contributed by atoms with E-state index in [1.165, 1.54) is 7.11 Å². The van der Waals surface area contributed by atoms with Crippen molar-refractivity contribution in [1.29, 1.82) is 0 Å². The maximum atomic E-state index is 13.0. The zero-order valence-electron chi connectivity index (χ0n) is 17.9. The highest BCUT2D eigenvalue weighted by molar-refractivity contribution is 5.92. The quantitative estimate of drug-likeness (QED) is 0.485. The minimum absolute atomic E-state index is 0.0552. The van der Waals surface area contributed by atoms with Gasteiger partial charge in [0, 0.05) is 24.2 Å². The molecule has 4 unspecified atom stereocenters. The molecule has 0 N–H and O–H groups in total. The van der Waals surface area contributed by atoms with Crippen molar-refractivity contribution in [1.82, 2.24) is 0 Å². The summed E-state index contributed by atoms with van der Waals surface area (Å²) >= 11 is 0. The van der Waals surface area contributed by atoms with Gasteiger partial charge < -0.3 is 14.2 Å². The van der Waals surface area contributed by atoms with Crippen molar-refractivity contribution in [2.45, 2.75) is 76.6 Å². The fraction of sp³-hybridized carbons (Fsp3) is 0.792. The van der Waals surface area contributed by atoms with Gasteiger partial charge in [-0.3, -0.25) is 14.4 Å². The molecule has 30 heavy (non-hydrogen) atoms. The van der Waals surface area contributed by atoms with Crippen LogP contribution in [0, 0.1) is 34.5 Å². The lowest BCUT2D eigenvalue weighted by Crippen LogP contribution is -2.61. The van der Waals surface area contributed by atoms with Crippen LogP contribution < -0.4 is 0 Å². The van der Waals surface area contributed by atoms with Gasteiger partial charge >= 0.3 is 11.9 Å². The molecular weight excluding hydrogens is 384 g/mol. The lowest BCUT2D eigenvalue weighted by molar-refractivity contribution is -0.172. The van der Waals surface area contributed by atoms with Gasteiger partial charge in [-0.15, -0.1) is 0 Å². The van der Waals surface area contributed by atoms with Gasteiger partial charge in [0.25, 0.3) is 0 Å². The normalized spacial score (nSPS) is 53.2. The molecule has 4 aliphatic carbocycles. The third kappa shape index (κ3) is 2.07. The van der Waals surface area contributed by atoms with Crippen LogP contribution in [0.15, 0.2) is 11.6 Å². The Labute approximate surface area is 176 Å². The highest BCUT2D eigenvalue weighted by Crippen LogP contribution is 2.75. The Morgan fingerprint density at radius 3 is 2.67 bits per heavy atom. The molecule has 0 bridgehead atoms. The second kappa shape index (κ2) is 5.76. The molecule has 0 aromatic rings. The first-order chi connectivity index (χ1) is 14.2. The average molecular weight is 414 g/mol. The number of epoxide rings is 1. The van der Waals surface area contributed by atoms with Gasteiger partial charge in [-0.2, -0.15) is 0 Å². The summed E-state index contributed by atoms with van der Waals surface area (Å²) in [5, 5.41) is 0. The molecule has 2 aliphatic heterocycles. The number of ketones is 1. The van der Waals surface area contributed by atoms with Gasteiger partial charge in [0.15, 0.2) is 5.78 Å². The van der Waals surface area contributed by atoms with Crippen LogP contribution in [0.2, 0.25) is 0 Å². The Morgan fingerprint density at radius 2 is 1.97 bits per heavy atom. The summed E-state index contributed by atoms with van der Waals surface area (Å²) in [6, 6.07) is 0. The SMILES string of the molecule is COC(=O)[C@@H]1CC2=CC(=O)CC[C@]2(C)C2C1C1CC[C@@]3(CCC(=O)O3)[C@@]1(C)C1O[C@H]12. The summed E-state index contributed by atoms with van der Waals surface area (Å²) in [5.74, 6) is 0.176. The first-order valence-corrected chi connectivity index (χ1v) is 11.4. The minimum Gasteiger partial charge on any atom is -0.469 e. The van der Waals surface area contributed by atoms with Crippen LogP contribution in [0.1, 0.15) is 58.8 Å². The molecule has 162 valence electrons. The van der Waals surface area contributed by atoms with E-state index in [0.29, 0.717) is 19.3 Å². The van der Waals surface area contributed by atoms with Crippen molar-refractivity contribution in [3.05, 3.63) is 11.6 Å². The lowest BCUT2D eigenvalue weighted by Gasteiger charge is -2.58. The highest BCUT2D eigenvalue weighted by atomic mass is 16.6. The van der Waals surface area contributed by atoms with E-state index >= 15 is 0 Å². The van der Waals surface area contributed by atoms with E-state index in [0.717, 1.165) is 31.3 Å². The number of ether oxygens (including phenoxy) is 3. The first kappa shape index (κ1) is 19.0. The molecule has 2 saturated heterocycles. The molecule has 2 heterocycles. The molecule has 5 fully saturated rings. The van der Waals surface area contributed by atoms with Crippen molar-refractivity contribution in [3.63, 3.8) is 0 Å². The fourth-order valence-corrected chi connectivity index (χ4v) is 8.62. The monoisotopic (exact) mass is 414 g/mol. The summed E-state index contributed by atoms with van der Waals surface area (Å²) in [6.45, 7) is 4.52. The van der Waals surface area contributed by atoms with Crippen molar-refractivity contribution in [3.8, 4) is 0 Å². The van der Waals surface area contributed by atoms with E-state index < -0.39 is 5.60 Å². The third-order valence-electron chi connectivity index (χ3n) is 10.1. The van der Waals surface area contributed by atoms with Crippen molar-refractivity contribution >= 4 is 17.7 Å². The Bertz CT molecular complexity index is 892. The summed E-state index contributed by atoms with van der Waals surface area (Å²) < 4.78 is 17.7. The summed E-state index contributed by atoms with van der Waals surface area (Å²) in [7, 11) is 1.46. The molecular formula is C24H30O6. The molecule has 6 nitrogen and oxygen atoms in total.